The summed E-state index contributed by atoms with van der Waals surface area (Å²) in [6.45, 7) is 1.90. The fourth-order valence-corrected chi connectivity index (χ4v) is 3.11. The minimum absolute atomic E-state index is 0.199. The molecule has 1 N–H and O–H groups in total. The fourth-order valence-electron chi connectivity index (χ4n) is 1.96. The number of benzene rings is 2. The molecule has 0 saturated heterocycles. The summed E-state index contributed by atoms with van der Waals surface area (Å²) in [7, 11) is 0. The molecule has 1 heterocycles. The average Bonchev–Trinajstić information content (AvgIpc) is 2.79. The molecule has 1 aromatic heterocycles. The molecule has 2 aromatic carbocycles. The van der Waals surface area contributed by atoms with E-state index in [1.807, 2.05) is 37.3 Å². The first kappa shape index (κ1) is 13.1. The predicted octanol–water partition coefficient (Wildman–Crippen LogP) is 4.51. The summed E-state index contributed by atoms with van der Waals surface area (Å²) in [4.78, 5) is 16.6. The molecule has 0 aliphatic carbocycles. The molecule has 0 aliphatic heterocycles. The van der Waals surface area contributed by atoms with E-state index < -0.39 is 0 Å². The van der Waals surface area contributed by atoms with Crippen LogP contribution in [0.4, 0.5) is 5.13 Å². The van der Waals surface area contributed by atoms with E-state index in [2.05, 4.69) is 10.3 Å². The lowest BCUT2D eigenvalue weighted by Gasteiger charge is -2.03. The van der Waals surface area contributed by atoms with Crippen LogP contribution in [0, 0.1) is 6.92 Å². The number of aryl methyl sites for hydroxylation is 1. The van der Waals surface area contributed by atoms with Gasteiger partial charge in [0.15, 0.2) is 5.13 Å². The van der Waals surface area contributed by atoms with Gasteiger partial charge in [-0.1, -0.05) is 35.1 Å². The van der Waals surface area contributed by atoms with Crippen molar-refractivity contribution in [1.29, 1.82) is 0 Å². The van der Waals surface area contributed by atoms with Crippen LogP contribution >= 0.6 is 22.9 Å². The minimum Gasteiger partial charge on any atom is -0.298 e. The summed E-state index contributed by atoms with van der Waals surface area (Å²) in [5.41, 5.74) is 2.37. The Labute approximate surface area is 125 Å². The Morgan fingerprint density at radius 1 is 1.25 bits per heavy atom. The van der Waals surface area contributed by atoms with E-state index in [1.54, 1.807) is 12.1 Å². The van der Waals surface area contributed by atoms with Gasteiger partial charge in [-0.25, -0.2) is 4.98 Å². The number of halogens is 1. The maximum absolute atomic E-state index is 12.2. The Balaban J connectivity index is 1.88. The summed E-state index contributed by atoms with van der Waals surface area (Å²) >= 11 is 7.42. The number of hydrogen-bond donors (Lipinski definition) is 1. The molecule has 3 nitrogen and oxygen atoms in total. The number of hydrogen-bond acceptors (Lipinski definition) is 3. The number of rotatable bonds is 2. The van der Waals surface area contributed by atoms with Crippen LogP contribution in [0.1, 0.15) is 15.9 Å². The molecule has 3 rings (SSSR count). The van der Waals surface area contributed by atoms with Crippen molar-refractivity contribution in [3.8, 4) is 0 Å². The van der Waals surface area contributed by atoms with E-state index in [1.165, 1.54) is 11.3 Å². The molecule has 100 valence electrons. The lowest BCUT2D eigenvalue weighted by molar-refractivity contribution is 0.102. The molecule has 20 heavy (non-hydrogen) atoms. The monoisotopic (exact) mass is 302 g/mol. The van der Waals surface area contributed by atoms with Crippen LogP contribution in [0.2, 0.25) is 5.02 Å². The number of amides is 1. The summed E-state index contributed by atoms with van der Waals surface area (Å²) in [5.74, 6) is -0.199. The maximum Gasteiger partial charge on any atom is 0.257 e. The summed E-state index contributed by atoms with van der Waals surface area (Å²) in [6, 6.07) is 13.0. The second-order valence-electron chi connectivity index (χ2n) is 4.46. The Kier molecular flexibility index (Phi) is 3.42. The van der Waals surface area contributed by atoms with Gasteiger partial charge in [0.25, 0.3) is 5.91 Å². The Bertz CT molecular complexity index is 744. The largest absolute Gasteiger partial charge is 0.298 e. The molecule has 0 atom stereocenters. The zero-order valence-corrected chi connectivity index (χ0v) is 12.3. The van der Waals surface area contributed by atoms with Crippen molar-refractivity contribution < 1.29 is 4.79 Å². The number of para-hydroxylation sites is 1. The standard InChI is InChI=1S/C15H11ClN2OS/c1-9-6-10(8-11(16)7-9)14(19)18-15-17-12-4-2-3-5-13(12)20-15/h2-8H,1H3,(H,17,18,19). The van der Waals surface area contributed by atoms with Gasteiger partial charge in [-0.15, -0.1) is 0 Å². The number of anilines is 1. The molecule has 5 heteroatoms. The smallest absolute Gasteiger partial charge is 0.257 e. The lowest BCUT2D eigenvalue weighted by atomic mass is 10.1. The van der Waals surface area contributed by atoms with E-state index in [-0.39, 0.29) is 5.91 Å². The molecule has 3 aromatic rings. The Morgan fingerprint density at radius 3 is 2.80 bits per heavy atom. The second-order valence-corrected chi connectivity index (χ2v) is 5.93. The van der Waals surface area contributed by atoms with E-state index in [9.17, 15) is 4.79 Å². The Hall–Kier alpha value is -1.91. The Morgan fingerprint density at radius 2 is 2.05 bits per heavy atom. The van der Waals surface area contributed by atoms with E-state index in [0.29, 0.717) is 15.7 Å². The molecule has 0 radical (unpaired) electrons. The molecular formula is C15H11ClN2OS. The number of carbonyl (C=O) groups excluding carboxylic acids is 1. The third kappa shape index (κ3) is 2.66. The first-order valence-electron chi connectivity index (χ1n) is 6.06. The third-order valence-corrected chi connectivity index (χ3v) is 3.99. The normalized spacial score (nSPS) is 10.7. The van der Waals surface area contributed by atoms with Crippen LogP contribution in [0.25, 0.3) is 10.2 Å². The quantitative estimate of drug-likeness (QED) is 0.756. The summed E-state index contributed by atoms with van der Waals surface area (Å²) in [5, 5.41) is 3.96. The number of nitrogens with zero attached hydrogens (tertiary/aromatic N) is 1. The zero-order valence-electron chi connectivity index (χ0n) is 10.7. The number of nitrogens with one attached hydrogen (secondary N) is 1. The number of fused-ring (bicyclic) bond motifs is 1. The van der Waals surface area contributed by atoms with Crippen LogP contribution in [0.5, 0.6) is 0 Å². The van der Waals surface area contributed by atoms with Crippen molar-refractivity contribution in [1.82, 2.24) is 4.98 Å². The van der Waals surface area contributed by atoms with Crippen LogP contribution < -0.4 is 5.32 Å². The highest BCUT2D eigenvalue weighted by Gasteiger charge is 2.10. The van der Waals surface area contributed by atoms with Crippen LogP contribution in [-0.2, 0) is 0 Å². The van der Waals surface area contributed by atoms with Crippen molar-refractivity contribution in [3.63, 3.8) is 0 Å². The van der Waals surface area contributed by atoms with Crippen LogP contribution in [0.3, 0.4) is 0 Å². The summed E-state index contributed by atoms with van der Waals surface area (Å²) in [6.07, 6.45) is 0. The van der Waals surface area contributed by atoms with Gasteiger partial charge in [-0.05, 0) is 42.8 Å². The van der Waals surface area contributed by atoms with Gasteiger partial charge in [0, 0.05) is 10.6 Å². The van der Waals surface area contributed by atoms with E-state index in [0.717, 1.165) is 15.8 Å². The van der Waals surface area contributed by atoms with Gasteiger partial charge in [0.2, 0.25) is 0 Å². The number of aromatic nitrogens is 1. The minimum atomic E-state index is -0.199. The SMILES string of the molecule is Cc1cc(Cl)cc(C(=O)Nc2nc3ccccc3s2)c1. The van der Waals surface area contributed by atoms with Gasteiger partial charge in [-0.2, -0.15) is 0 Å². The average molecular weight is 303 g/mol. The van der Waals surface area contributed by atoms with Gasteiger partial charge < -0.3 is 0 Å². The molecule has 0 saturated carbocycles. The van der Waals surface area contributed by atoms with Gasteiger partial charge in [0.05, 0.1) is 10.2 Å². The molecule has 0 unspecified atom stereocenters. The van der Waals surface area contributed by atoms with E-state index >= 15 is 0 Å². The highest BCUT2D eigenvalue weighted by atomic mass is 35.5. The second kappa shape index (κ2) is 5.23. The van der Waals surface area contributed by atoms with Gasteiger partial charge >= 0.3 is 0 Å². The van der Waals surface area contributed by atoms with Crippen LogP contribution in [0.15, 0.2) is 42.5 Å². The first-order chi connectivity index (χ1) is 9.61. The van der Waals surface area contributed by atoms with Gasteiger partial charge in [-0.3, -0.25) is 10.1 Å². The maximum atomic E-state index is 12.2. The molecule has 0 bridgehead atoms. The zero-order chi connectivity index (χ0) is 14.1. The highest BCUT2D eigenvalue weighted by molar-refractivity contribution is 7.22. The topological polar surface area (TPSA) is 42.0 Å². The lowest BCUT2D eigenvalue weighted by Crippen LogP contribution is -2.11. The van der Waals surface area contributed by atoms with Crippen molar-refractivity contribution in [3.05, 3.63) is 58.6 Å². The van der Waals surface area contributed by atoms with Crippen molar-refractivity contribution >= 4 is 44.2 Å². The molecule has 0 fully saturated rings. The molecule has 0 aliphatic rings. The summed E-state index contributed by atoms with van der Waals surface area (Å²) < 4.78 is 1.05. The van der Waals surface area contributed by atoms with Crippen molar-refractivity contribution in [2.75, 3.05) is 5.32 Å². The number of thiazole rings is 1. The van der Waals surface area contributed by atoms with Gasteiger partial charge in [0.1, 0.15) is 0 Å². The van der Waals surface area contributed by atoms with Crippen LogP contribution in [-0.4, -0.2) is 10.9 Å². The fraction of sp³-hybridized carbons (Fsp3) is 0.0667. The molecule has 1 amide bonds. The van der Waals surface area contributed by atoms with Crippen molar-refractivity contribution in [2.45, 2.75) is 6.92 Å². The van der Waals surface area contributed by atoms with E-state index in [4.69, 9.17) is 11.6 Å². The number of carbonyl (C=O) groups is 1. The third-order valence-electron chi connectivity index (χ3n) is 2.82. The predicted molar refractivity (Wildman–Crippen MR) is 83.8 cm³/mol. The molecular weight excluding hydrogens is 292 g/mol. The highest BCUT2D eigenvalue weighted by Crippen LogP contribution is 2.26. The molecule has 0 spiro atoms. The van der Waals surface area contributed by atoms with Crippen molar-refractivity contribution in [2.24, 2.45) is 0 Å². The first-order valence-corrected chi connectivity index (χ1v) is 7.25.